The summed E-state index contributed by atoms with van der Waals surface area (Å²) in [5.74, 6) is 0.343. The highest BCUT2D eigenvalue weighted by Crippen LogP contribution is 2.24. The van der Waals surface area contributed by atoms with Crippen LogP contribution in [-0.4, -0.2) is 59.1 Å². The fraction of sp³-hybridized carbons (Fsp3) is 0.526. The Hall–Kier alpha value is -2.19. The van der Waals surface area contributed by atoms with Crippen LogP contribution in [-0.2, 0) is 4.79 Å². The summed E-state index contributed by atoms with van der Waals surface area (Å²) >= 11 is 1.62. The van der Waals surface area contributed by atoms with Gasteiger partial charge in [-0.05, 0) is 55.7 Å². The molecule has 2 amide bonds. The van der Waals surface area contributed by atoms with Crippen molar-refractivity contribution in [3.63, 3.8) is 0 Å². The summed E-state index contributed by atoms with van der Waals surface area (Å²) < 4.78 is 0. The monoisotopic (exact) mass is 387 g/mol. The molecule has 0 saturated carbocycles. The van der Waals surface area contributed by atoms with Crippen LogP contribution in [0.3, 0.4) is 0 Å². The van der Waals surface area contributed by atoms with E-state index in [1.807, 2.05) is 28.5 Å². The first kappa shape index (κ1) is 18.2. The third-order valence-corrected chi connectivity index (χ3v) is 6.23. The van der Waals surface area contributed by atoms with Crippen LogP contribution in [0.5, 0.6) is 0 Å². The normalized spacial score (nSPS) is 22.7. The summed E-state index contributed by atoms with van der Waals surface area (Å²) in [6.45, 7) is 2.95. The van der Waals surface area contributed by atoms with Gasteiger partial charge in [0.15, 0.2) is 5.69 Å². The minimum atomic E-state index is -0.0499. The summed E-state index contributed by atoms with van der Waals surface area (Å²) in [7, 11) is 0. The smallest absolute Gasteiger partial charge is 0.274 e. The van der Waals surface area contributed by atoms with E-state index in [9.17, 15) is 9.59 Å². The van der Waals surface area contributed by atoms with Crippen molar-refractivity contribution in [2.75, 3.05) is 26.2 Å². The number of aromatic nitrogens is 2. The van der Waals surface area contributed by atoms with Crippen molar-refractivity contribution >= 4 is 23.2 Å². The average Bonchev–Trinajstić information content (AvgIpc) is 3.46. The summed E-state index contributed by atoms with van der Waals surface area (Å²) in [5.41, 5.74) is 1.33. The Morgan fingerprint density at radius 1 is 1.33 bits per heavy atom. The van der Waals surface area contributed by atoms with Gasteiger partial charge in [0.1, 0.15) is 0 Å². The van der Waals surface area contributed by atoms with E-state index < -0.39 is 0 Å². The van der Waals surface area contributed by atoms with Crippen LogP contribution in [0, 0.1) is 5.92 Å². The molecule has 4 heterocycles. The van der Waals surface area contributed by atoms with Gasteiger partial charge in [-0.1, -0.05) is 6.07 Å². The number of piperidine rings is 1. The van der Waals surface area contributed by atoms with Crippen LogP contribution in [0.25, 0.3) is 10.6 Å². The third-order valence-electron chi connectivity index (χ3n) is 5.33. The number of hydrogen-bond acceptors (Lipinski definition) is 5. The van der Waals surface area contributed by atoms with Gasteiger partial charge in [0.05, 0.1) is 16.6 Å². The second-order valence-electron chi connectivity index (χ2n) is 7.30. The number of hydrogen-bond donors (Lipinski definition) is 3. The zero-order valence-electron chi connectivity index (χ0n) is 15.2. The SMILES string of the molecule is O=C(NCC1CCCN(C(=O)c2cc(-c3cccs3)[nH]n2)C1)C1CCCN1. The Morgan fingerprint density at radius 3 is 3.04 bits per heavy atom. The Morgan fingerprint density at radius 2 is 2.26 bits per heavy atom. The van der Waals surface area contributed by atoms with Crippen molar-refractivity contribution < 1.29 is 9.59 Å². The van der Waals surface area contributed by atoms with Crippen molar-refractivity contribution in [1.82, 2.24) is 25.7 Å². The van der Waals surface area contributed by atoms with Gasteiger partial charge in [-0.25, -0.2) is 0 Å². The fourth-order valence-electron chi connectivity index (χ4n) is 3.84. The lowest BCUT2D eigenvalue weighted by Gasteiger charge is -2.32. The molecular formula is C19H25N5O2S. The van der Waals surface area contributed by atoms with Crippen LogP contribution in [0.1, 0.15) is 36.2 Å². The van der Waals surface area contributed by atoms with E-state index in [2.05, 4.69) is 20.8 Å². The molecule has 8 heteroatoms. The van der Waals surface area contributed by atoms with Crippen molar-refractivity contribution in [2.24, 2.45) is 5.92 Å². The van der Waals surface area contributed by atoms with Crippen molar-refractivity contribution in [2.45, 2.75) is 31.7 Å². The Bertz CT molecular complexity index is 782. The molecule has 27 heavy (non-hydrogen) atoms. The molecule has 2 fully saturated rings. The van der Waals surface area contributed by atoms with Crippen molar-refractivity contribution in [3.05, 3.63) is 29.3 Å². The van der Waals surface area contributed by atoms with Gasteiger partial charge in [0, 0.05) is 19.6 Å². The fourth-order valence-corrected chi connectivity index (χ4v) is 4.54. The standard InChI is InChI=1S/C19H25N5O2S/c25-18(14-5-1-7-20-14)21-11-13-4-2-8-24(12-13)19(26)16-10-15(22-23-16)17-6-3-9-27-17/h3,6,9-10,13-14,20H,1-2,4-5,7-8,11-12H2,(H,21,25)(H,22,23). The molecule has 4 rings (SSSR count). The Kier molecular flexibility index (Phi) is 5.54. The lowest BCUT2D eigenvalue weighted by molar-refractivity contribution is -0.123. The second kappa shape index (κ2) is 8.22. The molecule has 0 aromatic carbocycles. The van der Waals surface area contributed by atoms with Crippen LogP contribution < -0.4 is 10.6 Å². The van der Waals surface area contributed by atoms with Crippen LogP contribution in [0.2, 0.25) is 0 Å². The van der Waals surface area contributed by atoms with Crippen molar-refractivity contribution in [3.8, 4) is 10.6 Å². The van der Waals surface area contributed by atoms with Crippen LogP contribution >= 0.6 is 11.3 Å². The first-order valence-electron chi connectivity index (χ1n) is 9.60. The first-order chi connectivity index (χ1) is 13.2. The minimum Gasteiger partial charge on any atom is -0.354 e. The van der Waals surface area contributed by atoms with Gasteiger partial charge < -0.3 is 15.5 Å². The van der Waals surface area contributed by atoms with E-state index in [1.54, 1.807) is 11.3 Å². The van der Waals surface area contributed by atoms with Gasteiger partial charge in [-0.15, -0.1) is 11.3 Å². The molecule has 0 radical (unpaired) electrons. The zero-order chi connectivity index (χ0) is 18.6. The van der Waals surface area contributed by atoms with E-state index in [1.165, 1.54) is 0 Å². The number of nitrogens with zero attached hydrogens (tertiary/aromatic N) is 2. The third kappa shape index (κ3) is 4.22. The molecule has 0 aliphatic carbocycles. The highest BCUT2D eigenvalue weighted by Gasteiger charge is 2.28. The van der Waals surface area contributed by atoms with Gasteiger partial charge >= 0.3 is 0 Å². The predicted molar refractivity (Wildman–Crippen MR) is 105 cm³/mol. The molecule has 7 nitrogen and oxygen atoms in total. The molecule has 0 bridgehead atoms. The molecule has 2 atom stereocenters. The summed E-state index contributed by atoms with van der Waals surface area (Å²) in [6, 6.07) is 5.76. The summed E-state index contributed by atoms with van der Waals surface area (Å²) in [5, 5.41) is 15.4. The maximum Gasteiger partial charge on any atom is 0.274 e. The number of H-pyrrole nitrogens is 1. The molecule has 144 valence electrons. The first-order valence-corrected chi connectivity index (χ1v) is 10.5. The molecule has 2 aromatic heterocycles. The number of thiophene rings is 1. The van der Waals surface area contributed by atoms with E-state index >= 15 is 0 Å². The summed E-state index contributed by atoms with van der Waals surface area (Å²) in [4.78, 5) is 27.9. The maximum atomic E-state index is 12.8. The summed E-state index contributed by atoms with van der Waals surface area (Å²) in [6.07, 6.45) is 3.95. The van der Waals surface area contributed by atoms with Gasteiger partial charge in [-0.2, -0.15) is 5.10 Å². The topological polar surface area (TPSA) is 90.1 Å². The van der Waals surface area contributed by atoms with Crippen LogP contribution in [0.15, 0.2) is 23.6 Å². The largest absolute Gasteiger partial charge is 0.354 e. The molecule has 3 N–H and O–H groups in total. The Labute approximate surface area is 162 Å². The number of aromatic amines is 1. The highest BCUT2D eigenvalue weighted by molar-refractivity contribution is 7.13. The van der Waals surface area contributed by atoms with Gasteiger partial charge in [-0.3, -0.25) is 14.7 Å². The van der Waals surface area contributed by atoms with Crippen molar-refractivity contribution in [1.29, 1.82) is 0 Å². The van der Waals surface area contributed by atoms with E-state index in [0.29, 0.717) is 24.7 Å². The van der Waals surface area contributed by atoms with Gasteiger partial charge in [0.25, 0.3) is 5.91 Å². The van der Waals surface area contributed by atoms with E-state index in [4.69, 9.17) is 0 Å². The number of carbonyl (C=O) groups excluding carboxylic acids is 2. The second-order valence-corrected chi connectivity index (χ2v) is 8.25. The Balaban J connectivity index is 1.32. The zero-order valence-corrected chi connectivity index (χ0v) is 16.1. The number of amides is 2. The van der Waals surface area contributed by atoms with E-state index in [-0.39, 0.29) is 17.9 Å². The average molecular weight is 388 g/mol. The molecule has 2 aromatic rings. The highest BCUT2D eigenvalue weighted by atomic mass is 32.1. The molecule has 2 unspecified atom stereocenters. The molecular weight excluding hydrogens is 362 g/mol. The quantitative estimate of drug-likeness (QED) is 0.730. The molecule has 2 aliphatic rings. The number of likely N-dealkylation sites (tertiary alicyclic amines) is 1. The lowest BCUT2D eigenvalue weighted by atomic mass is 9.97. The maximum absolute atomic E-state index is 12.8. The number of nitrogens with one attached hydrogen (secondary N) is 3. The molecule has 0 spiro atoms. The lowest BCUT2D eigenvalue weighted by Crippen LogP contribution is -2.46. The number of rotatable bonds is 5. The van der Waals surface area contributed by atoms with Crippen LogP contribution in [0.4, 0.5) is 0 Å². The number of carbonyl (C=O) groups is 2. The van der Waals surface area contributed by atoms with E-state index in [0.717, 1.165) is 49.3 Å². The predicted octanol–water partition coefficient (Wildman–Crippen LogP) is 1.86. The van der Waals surface area contributed by atoms with Gasteiger partial charge in [0.2, 0.25) is 5.91 Å². The molecule has 2 saturated heterocycles. The minimum absolute atomic E-state index is 0.0393. The molecule has 2 aliphatic heterocycles.